The number of anilines is 1. The second-order valence-corrected chi connectivity index (χ2v) is 5.86. The minimum absolute atomic E-state index is 0.279. The van der Waals surface area contributed by atoms with E-state index in [1.807, 2.05) is 0 Å². The molecule has 0 aliphatic heterocycles. The molecule has 2 aromatic heterocycles. The fourth-order valence-corrected chi connectivity index (χ4v) is 3.10. The van der Waals surface area contributed by atoms with Gasteiger partial charge in [-0.1, -0.05) is 31.0 Å². The molecule has 1 atom stereocenters. The predicted octanol–water partition coefficient (Wildman–Crippen LogP) is 4.34. The van der Waals surface area contributed by atoms with Gasteiger partial charge >= 0.3 is 0 Å². The molecule has 2 aromatic rings. The van der Waals surface area contributed by atoms with Crippen LogP contribution >= 0.6 is 22.9 Å². The van der Waals surface area contributed by atoms with E-state index in [1.54, 1.807) is 11.3 Å². The third kappa shape index (κ3) is 3.07. The van der Waals surface area contributed by atoms with E-state index in [2.05, 4.69) is 53.3 Å². The quantitative estimate of drug-likeness (QED) is 0.768. The van der Waals surface area contributed by atoms with Gasteiger partial charge in [0.25, 0.3) is 0 Å². The van der Waals surface area contributed by atoms with Gasteiger partial charge in [0.2, 0.25) is 0 Å². The number of thiophene rings is 1. The van der Waals surface area contributed by atoms with Gasteiger partial charge in [-0.3, -0.25) is 0 Å². The topological polar surface area (TPSA) is 29.0 Å². The molecular weight excluding hydrogens is 278 g/mol. The molecule has 0 bridgehead atoms. The fourth-order valence-electron chi connectivity index (χ4n) is 2.05. The summed E-state index contributed by atoms with van der Waals surface area (Å²) in [6.45, 7) is 4.31. The zero-order valence-electron chi connectivity index (χ0n) is 11.4. The Morgan fingerprint density at radius 1 is 1.42 bits per heavy atom. The zero-order chi connectivity index (χ0) is 13.8. The van der Waals surface area contributed by atoms with Crippen LogP contribution in [0.2, 0.25) is 5.15 Å². The van der Waals surface area contributed by atoms with Crippen LogP contribution in [0.15, 0.2) is 23.8 Å². The van der Waals surface area contributed by atoms with Crippen molar-refractivity contribution in [2.75, 3.05) is 11.9 Å². The lowest BCUT2D eigenvalue weighted by Crippen LogP contribution is -2.23. The number of aromatic nitrogens is 2. The van der Waals surface area contributed by atoms with E-state index < -0.39 is 0 Å². The number of nitrogens with zero attached hydrogens (tertiary/aromatic N) is 3. The lowest BCUT2D eigenvalue weighted by Gasteiger charge is -2.27. The average Bonchev–Trinajstić information content (AvgIpc) is 2.93. The molecule has 3 nitrogen and oxygen atoms in total. The predicted molar refractivity (Wildman–Crippen MR) is 82.2 cm³/mol. The first-order valence-electron chi connectivity index (χ1n) is 6.40. The molecule has 0 aliphatic rings. The molecule has 0 radical (unpaired) electrons. The van der Waals surface area contributed by atoms with Gasteiger partial charge < -0.3 is 4.90 Å². The Morgan fingerprint density at radius 2 is 2.21 bits per heavy atom. The summed E-state index contributed by atoms with van der Waals surface area (Å²) < 4.78 is 0. The van der Waals surface area contributed by atoms with E-state index >= 15 is 0 Å². The van der Waals surface area contributed by atoms with Crippen molar-refractivity contribution >= 4 is 28.8 Å². The molecule has 2 rings (SSSR count). The first-order chi connectivity index (χ1) is 9.15. The van der Waals surface area contributed by atoms with E-state index in [9.17, 15) is 0 Å². The van der Waals surface area contributed by atoms with E-state index in [0.717, 1.165) is 24.2 Å². The van der Waals surface area contributed by atoms with Crippen LogP contribution in [0.25, 0.3) is 0 Å². The summed E-state index contributed by atoms with van der Waals surface area (Å²) in [5.41, 5.74) is 1.04. The van der Waals surface area contributed by atoms with Crippen molar-refractivity contribution in [3.05, 3.63) is 39.4 Å². The standard InChI is InChI=1S/C14H18ClN3S/c1-4-6-11-13(15)16-9-17-14(11)18(3)10(2)12-7-5-8-19-12/h5,7-10H,4,6H2,1-3H3. The highest BCUT2D eigenvalue weighted by molar-refractivity contribution is 7.10. The van der Waals surface area contributed by atoms with Crippen molar-refractivity contribution in [1.29, 1.82) is 0 Å². The average molecular weight is 296 g/mol. The number of hydrogen-bond donors (Lipinski definition) is 0. The van der Waals surface area contributed by atoms with Gasteiger partial charge in [-0.15, -0.1) is 11.3 Å². The Labute approximate surface area is 123 Å². The Balaban J connectivity index is 2.33. The summed E-state index contributed by atoms with van der Waals surface area (Å²) in [5, 5.41) is 2.66. The Hall–Kier alpha value is -1.13. The largest absolute Gasteiger partial charge is 0.352 e. The monoisotopic (exact) mass is 295 g/mol. The lowest BCUT2D eigenvalue weighted by molar-refractivity contribution is 0.729. The summed E-state index contributed by atoms with van der Waals surface area (Å²) in [6.07, 6.45) is 3.46. The SMILES string of the molecule is CCCc1c(Cl)ncnc1N(C)C(C)c1cccs1. The van der Waals surface area contributed by atoms with Crippen LogP contribution in [-0.2, 0) is 6.42 Å². The summed E-state index contributed by atoms with van der Waals surface area (Å²) in [7, 11) is 2.06. The van der Waals surface area contributed by atoms with Crippen LogP contribution in [0.1, 0.15) is 36.8 Å². The highest BCUT2D eigenvalue weighted by Gasteiger charge is 2.19. The molecule has 102 valence electrons. The molecule has 2 heterocycles. The van der Waals surface area contributed by atoms with Gasteiger partial charge in [0.15, 0.2) is 0 Å². The van der Waals surface area contributed by atoms with Crippen molar-refractivity contribution in [3.8, 4) is 0 Å². The normalized spacial score (nSPS) is 12.4. The fraction of sp³-hybridized carbons (Fsp3) is 0.429. The third-order valence-electron chi connectivity index (χ3n) is 3.24. The van der Waals surface area contributed by atoms with Crippen LogP contribution in [-0.4, -0.2) is 17.0 Å². The highest BCUT2D eigenvalue weighted by atomic mass is 35.5. The van der Waals surface area contributed by atoms with Gasteiger partial charge in [-0.05, 0) is 24.8 Å². The maximum absolute atomic E-state index is 6.21. The van der Waals surface area contributed by atoms with Crippen molar-refractivity contribution < 1.29 is 0 Å². The Morgan fingerprint density at radius 3 is 2.84 bits per heavy atom. The van der Waals surface area contributed by atoms with E-state index in [1.165, 1.54) is 11.2 Å². The molecule has 0 aromatic carbocycles. The lowest BCUT2D eigenvalue weighted by atomic mass is 10.1. The van der Waals surface area contributed by atoms with Crippen LogP contribution in [0, 0.1) is 0 Å². The molecule has 0 saturated carbocycles. The van der Waals surface area contributed by atoms with E-state index in [0.29, 0.717) is 5.15 Å². The Kier molecular flexibility index (Phi) is 4.77. The molecule has 0 amide bonds. The summed E-state index contributed by atoms with van der Waals surface area (Å²) >= 11 is 7.97. The van der Waals surface area contributed by atoms with E-state index in [-0.39, 0.29) is 6.04 Å². The van der Waals surface area contributed by atoms with Gasteiger partial charge in [0.05, 0.1) is 6.04 Å². The molecule has 0 fully saturated rings. The number of rotatable bonds is 5. The molecule has 0 saturated heterocycles. The van der Waals surface area contributed by atoms with Gasteiger partial charge in [-0.25, -0.2) is 9.97 Å². The van der Waals surface area contributed by atoms with Gasteiger partial charge in [0, 0.05) is 17.5 Å². The first-order valence-corrected chi connectivity index (χ1v) is 7.66. The second kappa shape index (κ2) is 6.35. The van der Waals surface area contributed by atoms with Crippen LogP contribution < -0.4 is 4.90 Å². The Bertz CT molecular complexity index is 527. The molecule has 19 heavy (non-hydrogen) atoms. The molecule has 5 heteroatoms. The summed E-state index contributed by atoms with van der Waals surface area (Å²) in [4.78, 5) is 12.0. The van der Waals surface area contributed by atoms with Crippen molar-refractivity contribution in [1.82, 2.24) is 9.97 Å². The maximum Gasteiger partial charge on any atom is 0.137 e. The first kappa shape index (κ1) is 14.3. The maximum atomic E-state index is 6.21. The smallest absolute Gasteiger partial charge is 0.137 e. The summed E-state index contributed by atoms with van der Waals surface area (Å²) in [6, 6.07) is 4.50. The van der Waals surface area contributed by atoms with Gasteiger partial charge in [0.1, 0.15) is 17.3 Å². The minimum atomic E-state index is 0.279. The third-order valence-corrected chi connectivity index (χ3v) is 4.61. The number of hydrogen-bond acceptors (Lipinski definition) is 4. The van der Waals surface area contributed by atoms with Crippen molar-refractivity contribution in [3.63, 3.8) is 0 Å². The van der Waals surface area contributed by atoms with Crippen LogP contribution in [0.4, 0.5) is 5.82 Å². The van der Waals surface area contributed by atoms with Crippen molar-refractivity contribution in [2.45, 2.75) is 32.7 Å². The molecule has 0 spiro atoms. The molecular formula is C14H18ClN3S. The highest BCUT2D eigenvalue weighted by Crippen LogP contribution is 2.31. The minimum Gasteiger partial charge on any atom is -0.352 e. The second-order valence-electron chi connectivity index (χ2n) is 4.52. The molecule has 0 N–H and O–H groups in total. The summed E-state index contributed by atoms with van der Waals surface area (Å²) in [5.74, 6) is 0.933. The van der Waals surface area contributed by atoms with E-state index in [4.69, 9.17) is 11.6 Å². The number of halogens is 1. The van der Waals surface area contributed by atoms with Gasteiger partial charge in [-0.2, -0.15) is 0 Å². The van der Waals surface area contributed by atoms with Crippen LogP contribution in [0.3, 0.4) is 0 Å². The zero-order valence-corrected chi connectivity index (χ0v) is 13.0. The molecule has 1 unspecified atom stereocenters. The molecule has 0 aliphatic carbocycles. The van der Waals surface area contributed by atoms with Crippen LogP contribution in [0.5, 0.6) is 0 Å². The van der Waals surface area contributed by atoms with Crippen molar-refractivity contribution in [2.24, 2.45) is 0 Å².